The maximum atomic E-state index is 12.3. The SMILES string of the molecule is CN1CCN(c2ccc(N3CCN(C(=O)C4CCC4)CC3)nn2)CC1. The Balaban J connectivity index is 1.31. The summed E-state index contributed by atoms with van der Waals surface area (Å²) < 4.78 is 0. The van der Waals surface area contributed by atoms with Gasteiger partial charge in [0.15, 0.2) is 11.6 Å². The van der Waals surface area contributed by atoms with Gasteiger partial charge in [-0.3, -0.25) is 4.79 Å². The molecule has 4 rings (SSSR count). The van der Waals surface area contributed by atoms with Gasteiger partial charge in [-0.15, -0.1) is 10.2 Å². The summed E-state index contributed by atoms with van der Waals surface area (Å²) in [5.41, 5.74) is 0. The molecule has 1 aliphatic carbocycles. The molecular formula is C18H28N6O. The molecule has 1 amide bonds. The van der Waals surface area contributed by atoms with Crippen LogP contribution in [0.15, 0.2) is 12.1 Å². The summed E-state index contributed by atoms with van der Waals surface area (Å²) in [6.07, 6.45) is 3.38. The third-order valence-corrected chi connectivity index (χ3v) is 5.83. The molecule has 1 saturated carbocycles. The summed E-state index contributed by atoms with van der Waals surface area (Å²) in [5, 5.41) is 8.89. The van der Waals surface area contributed by atoms with Crippen molar-refractivity contribution >= 4 is 17.5 Å². The van der Waals surface area contributed by atoms with Crippen LogP contribution in [0.4, 0.5) is 11.6 Å². The molecule has 7 heteroatoms. The minimum Gasteiger partial charge on any atom is -0.353 e. The van der Waals surface area contributed by atoms with E-state index in [-0.39, 0.29) is 0 Å². The zero-order chi connectivity index (χ0) is 17.2. The molecule has 7 nitrogen and oxygen atoms in total. The van der Waals surface area contributed by atoms with Gasteiger partial charge in [0, 0.05) is 58.3 Å². The fourth-order valence-electron chi connectivity index (χ4n) is 3.76. The number of hydrogen-bond acceptors (Lipinski definition) is 6. The molecular weight excluding hydrogens is 316 g/mol. The van der Waals surface area contributed by atoms with Crippen LogP contribution < -0.4 is 9.80 Å². The lowest BCUT2D eigenvalue weighted by atomic mass is 9.84. The van der Waals surface area contributed by atoms with Crippen LogP contribution in [-0.4, -0.2) is 85.3 Å². The lowest BCUT2D eigenvalue weighted by Crippen LogP contribution is -2.51. The van der Waals surface area contributed by atoms with E-state index < -0.39 is 0 Å². The molecule has 3 fully saturated rings. The van der Waals surface area contributed by atoms with E-state index in [4.69, 9.17) is 0 Å². The van der Waals surface area contributed by atoms with Gasteiger partial charge in [-0.05, 0) is 32.0 Å². The van der Waals surface area contributed by atoms with E-state index in [9.17, 15) is 4.79 Å². The van der Waals surface area contributed by atoms with E-state index in [2.05, 4.69) is 44.1 Å². The van der Waals surface area contributed by atoms with Crippen molar-refractivity contribution in [2.24, 2.45) is 5.92 Å². The first-order chi connectivity index (χ1) is 12.2. The normalized spacial score (nSPS) is 22.8. The summed E-state index contributed by atoms with van der Waals surface area (Å²) in [6, 6.07) is 4.16. The Hall–Kier alpha value is -1.89. The molecule has 1 aromatic rings. The van der Waals surface area contributed by atoms with Crippen molar-refractivity contribution in [1.82, 2.24) is 20.0 Å². The maximum Gasteiger partial charge on any atom is 0.225 e. The highest BCUT2D eigenvalue weighted by Crippen LogP contribution is 2.28. The van der Waals surface area contributed by atoms with Crippen molar-refractivity contribution in [1.29, 1.82) is 0 Å². The number of piperazine rings is 2. The number of amides is 1. The first-order valence-corrected chi connectivity index (χ1v) is 9.52. The summed E-state index contributed by atoms with van der Waals surface area (Å²) in [6.45, 7) is 7.45. The number of likely N-dealkylation sites (N-methyl/N-ethyl adjacent to an activating group) is 1. The number of rotatable bonds is 3. The topological polar surface area (TPSA) is 55.8 Å². The molecule has 1 aromatic heterocycles. The van der Waals surface area contributed by atoms with Crippen LogP contribution in [0.3, 0.4) is 0 Å². The first-order valence-electron chi connectivity index (χ1n) is 9.52. The standard InChI is InChI=1S/C18H28N6O/c1-21-7-9-22(10-8-21)16-5-6-17(20-19-16)23-11-13-24(14-12-23)18(25)15-3-2-4-15/h5-6,15H,2-4,7-14H2,1H3. The van der Waals surface area contributed by atoms with Crippen LogP contribution in [0.5, 0.6) is 0 Å². The molecule has 25 heavy (non-hydrogen) atoms. The smallest absolute Gasteiger partial charge is 0.225 e. The lowest BCUT2D eigenvalue weighted by Gasteiger charge is -2.38. The van der Waals surface area contributed by atoms with E-state index >= 15 is 0 Å². The second-order valence-corrected chi connectivity index (χ2v) is 7.48. The summed E-state index contributed by atoms with van der Waals surface area (Å²) in [4.78, 5) is 21.2. The minimum atomic E-state index is 0.300. The molecule has 0 aromatic carbocycles. The largest absolute Gasteiger partial charge is 0.353 e. The van der Waals surface area contributed by atoms with Gasteiger partial charge >= 0.3 is 0 Å². The molecule has 3 heterocycles. The predicted octanol–water partition coefficient (Wildman–Crippen LogP) is 0.677. The Morgan fingerprint density at radius 1 is 0.880 bits per heavy atom. The van der Waals surface area contributed by atoms with Crippen LogP contribution in [0, 0.1) is 5.92 Å². The first kappa shape index (κ1) is 16.6. The number of nitrogens with zero attached hydrogens (tertiary/aromatic N) is 6. The van der Waals surface area contributed by atoms with Crippen molar-refractivity contribution < 1.29 is 4.79 Å². The highest BCUT2D eigenvalue weighted by Gasteiger charge is 2.31. The maximum absolute atomic E-state index is 12.3. The van der Waals surface area contributed by atoms with Gasteiger partial charge in [0.2, 0.25) is 5.91 Å². The van der Waals surface area contributed by atoms with Crippen molar-refractivity contribution in [3.05, 3.63) is 12.1 Å². The molecule has 3 aliphatic rings. The number of aromatic nitrogens is 2. The summed E-state index contributed by atoms with van der Waals surface area (Å²) in [5.74, 6) is 2.56. The van der Waals surface area contributed by atoms with Gasteiger partial charge in [0.25, 0.3) is 0 Å². The van der Waals surface area contributed by atoms with Crippen LogP contribution in [0.2, 0.25) is 0 Å². The van der Waals surface area contributed by atoms with Gasteiger partial charge in [-0.25, -0.2) is 0 Å². The Morgan fingerprint density at radius 2 is 1.40 bits per heavy atom. The molecule has 0 radical (unpaired) electrons. The predicted molar refractivity (Wildman–Crippen MR) is 97.9 cm³/mol. The monoisotopic (exact) mass is 344 g/mol. The Morgan fingerprint density at radius 3 is 1.84 bits per heavy atom. The van der Waals surface area contributed by atoms with E-state index in [0.29, 0.717) is 11.8 Å². The average Bonchev–Trinajstić information content (AvgIpc) is 2.61. The van der Waals surface area contributed by atoms with Gasteiger partial charge in [0.1, 0.15) is 0 Å². The van der Waals surface area contributed by atoms with Crippen molar-refractivity contribution in [3.8, 4) is 0 Å². The van der Waals surface area contributed by atoms with E-state index in [1.807, 2.05) is 4.90 Å². The van der Waals surface area contributed by atoms with Crippen LogP contribution in [0.1, 0.15) is 19.3 Å². The molecule has 0 atom stereocenters. The highest BCUT2D eigenvalue weighted by molar-refractivity contribution is 5.79. The minimum absolute atomic E-state index is 0.300. The highest BCUT2D eigenvalue weighted by atomic mass is 16.2. The summed E-state index contributed by atoms with van der Waals surface area (Å²) in [7, 11) is 2.15. The fraction of sp³-hybridized carbons (Fsp3) is 0.722. The van der Waals surface area contributed by atoms with E-state index in [1.165, 1.54) is 6.42 Å². The second kappa shape index (κ2) is 7.15. The number of carbonyl (C=O) groups excluding carboxylic acids is 1. The van der Waals surface area contributed by atoms with Crippen LogP contribution in [-0.2, 0) is 4.79 Å². The zero-order valence-electron chi connectivity index (χ0n) is 15.1. The Bertz CT molecular complexity index is 586. The van der Waals surface area contributed by atoms with Gasteiger partial charge in [-0.2, -0.15) is 0 Å². The fourth-order valence-corrected chi connectivity index (χ4v) is 3.76. The number of hydrogen-bond donors (Lipinski definition) is 0. The van der Waals surface area contributed by atoms with Crippen LogP contribution >= 0.6 is 0 Å². The van der Waals surface area contributed by atoms with E-state index in [1.54, 1.807) is 0 Å². The van der Waals surface area contributed by atoms with Gasteiger partial charge < -0.3 is 19.6 Å². The quantitative estimate of drug-likeness (QED) is 0.804. The van der Waals surface area contributed by atoms with E-state index in [0.717, 1.165) is 76.8 Å². The van der Waals surface area contributed by atoms with Crippen molar-refractivity contribution in [2.75, 3.05) is 69.2 Å². The second-order valence-electron chi connectivity index (χ2n) is 7.48. The van der Waals surface area contributed by atoms with Gasteiger partial charge in [0.05, 0.1) is 0 Å². The Kier molecular flexibility index (Phi) is 4.74. The zero-order valence-corrected chi connectivity index (χ0v) is 15.1. The summed E-state index contributed by atoms with van der Waals surface area (Å²) >= 11 is 0. The third-order valence-electron chi connectivity index (χ3n) is 5.83. The molecule has 0 N–H and O–H groups in total. The van der Waals surface area contributed by atoms with Crippen molar-refractivity contribution in [2.45, 2.75) is 19.3 Å². The van der Waals surface area contributed by atoms with Crippen LogP contribution in [0.25, 0.3) is 0 Å². The average molecular weight is 344 g/mol. The Labute approximate surface area is 149 Å². The molecule has 2 aliphatic heterocycles. The molecule has 2 saturated heterocycles. The molecule has 0 bridgehead atoms. The van der Waals surface area contributed by atoms with Crippen molar-refractivity contribution in [3.63, 3.8) is 0 Å². The number of carbonyl (C=O) groups is 1. The molecule has 0 unspecified atom stereocenters. The number of anilines is 2. The van der Waals surface area contributed by atoms with Gasteiger partial charge in [-0.1, -0.05) is 6.42 Å². The third kappa shape index (κ3) is 3.56. The molecule has 0 spiro atoms. The lowest BCUT2D eigenvalue weighted by molar-refractivity contribution is -0.138. The molecule has 136 valence electrons.